The minimum Gasteiger partial charge on any atom is -0.379 e. The number of morpholine rings is 1. The van der Waals surface area contributed by atoms with E-state index in [1.54, 1.807) is 0 Å². The van der Waals surface area contributed by atoms with Crippen LogP contribution in [0.3, 0.4) is 0 Å². The lowest BCUT2D eigenvalue weighted by molar-refractivity contribution is 0.0102. The highest BCUT2D eigenvalue weighted by Crippen LogP contribution is 2.25. The van der Waals surface area contributed by atoms with E-state index in [4.69, 9.17) is 17.0 Å². The minimum atomic E-state index is 0.164. The van der Waals surface area contributed by atoms with Crippen LogP contribution in [0.5, 0.6) is 0 Å². The molecule has 1 aliphatic heterocycles. The van der Waals surface area contributed by atoms with E-state index < -0.39 is 0 Å². The molecule has 1 aliphatic rings. The van der Waals surface area contributed by atoms with E-state index in [-0.39, 0.29) is 12.1 Å². The molecular weight excluding hydrogens is 354 g/mol. The van der Waals surface area contributed by atoms with Gasteiger partial charge in [0, 0.05) is 24.8 Å². The Hall–Kier alpha value is -1.95. The highest BCUT2D eigenvalue weighted by atomic mass is 32.1. The third-order valence-corrected chi connectivity index (χ3v) is 5.40. The molecule has 27 heavy (non-hydrogen) atoms. The largest absolute Gasteiger partial charge is 0.379 e. The lowest BCUT2D eigenvalue weighted by Crippen LogP contribution is -2.49. The van der Waals surface area contributed by atoms with E-state index in [1.807, 2.05) is 0 Å². The molecule has 0 amide bonds. The van der Waals surface area contributed by atoms with E-state index >= 15 is 0 Å². The maximum absolute atomic E-state index is 5.59. The number of hydrogen-bond acceptors (Lipinski definition) is 3. The molecule has 2 N–H and O–H groups in total. The second-order valence-electron chi connectivity index (χ2n) is 7.19. The molecule has 0 bridgehead atoms. The van der Waals surface area contributed by atoms with Crippen molar-refractivity contribution in [2.24, 2.45) is 0 Å². The molecule has 0 unspecified atom stereocenters. The Balaban J connectivity index is 1.70. The Labute approximate surface area is 167 Å². The van der Waals surface area contributed by atoms with Gasteiger partial charge in [-0.25, -0.2) is 0 Å². The Morgan fingerprint density at radius 1 is 1.04 bits per heavy atom. The third-order valence-electron chi connectivity index (χ3n) is 5.18. The fourth-order valence-electron chi connectivity index (χ4n) is 3.59. The summed E-state index contributed by atoms with van der Waals surface area (Å²) in [6, 6.07) is 17.4. The molecule has 0 aromatic heterocycles. The lowest BCUT2D eigenvalue weighted by atomic mass is 9.98. The number of rotatable bonds is 5. The maximum Gasteiger partial charge on any atom is 0.171 e. The second kappa shape index (κ2) is 9.31. The Morgan fingerprint density at radius 3 is 2.41 bits per heavy atom. The zero-order valence-corrected chi connectivity index (χ0v) is 17.2. The van der Waals surface area contributed by atoms with Gasteiger partial charge in [0.2, 0.25) is 0 Å². The summed E-state index contributed by atoms with van der Waals surface area (Å²) < 4.78 is 5.55. The van der Waals surface area contributed by atoms with E-state index in [9.17, 15) is 0 Å². The van der Waals surface area contributed by atoms with Gasteiger partial charge in [-0.15, -0.1) is 0 Å². The van der Waals surface area contributed by atoms with Crippen LogP contribution in [0.1, 0.15) is 29.7 Å². The van der Waals surface area contributed by atoms with Gasteiger partial charge in [0.25, 0.3) is 0 Å². The van der Waals surface area contributed by atoms with E-state index in [2.05, 4.69) is 84.8 Å². The molecule has 1 heterocycles. The van der Waals surface area contributed by atoms with Crippen molar-refractivity contribution in [3.05, 3.63) is 65.2 Å². The quantitative estimate of drug-likeness (QED) is 0.762. The molecule has 1 fully saturated rings. The Bertz CT molecular complexity index is 759. The van der Waals surface area contributed by atoms with Crippen molar-refractivity contribution in [2.45, 2.75) is 32.9 Å². The van der Waals surface area contributed by atoms with Gasteiger partial charge in [0.1, 0.15) is 0 Å². The average Bonchev–Trinajstić information content (AvgIpc) is 2.66. The van der Waals surface area contributed by atoms with Crippen LogP contribution in [0.15, 0.2) is 48.5 Å². The van der Waals surface area contributed by atoms with Crippen molar-refractivity contribution in [2.75, 3.05) is 31.6 Å². The number of nitrogens with zero attached hydrogens (tertiary/aromatic N) is 1. The minimum absolute atomic E-state index is 0.164. The maximum atomic E-state index is 5.59. The van der Waals surface area contributed by atoms with Crippen LogP contribution in [0, 0.1) is 13.8 Å². The summed E-state index contributed by atoms with van der Waals surface area (Å²) in [4.78, 5) is 2.48. The summed E-state index contributed by atoms with van der Waals surface area (Å²) in [6.07, 6.45) is 0. The van der Waals surface area contributed by atoms with Crippen molar-refractivity contribution in [3.63, 3.8) is 0 Å². The van der Waals surface area contributed by atoms with Gasteiger partial charge in [0.05, 0.1) is 19.3 Å². The summed E-state index contributed by atoms with van der Waals surface area (Å²) >= 11 is 5.59. The molecule has 0 aliphatic carbocycles. The number of nitrogens with one attached hydrogen (secondary N) is 2. The molecule has 1 saturated heterocycles. The van der Waals surface area contributed by atoms with Gasteiger partial charge in [-0.2, -0.15) is 0 Å². The van der Waals surface area contributed by atoms with Crippen molar-refractivity contribution < 1.29 is 4.74 Å². The van der Waals surface area contributed by atoms with Crippen LogP contribution in [0.2, 0.25) is 0 Å². The third kappa shape index (κ3) is 5.28. The van der Waals surface area contributed by atoms with Gasteiger partial charge in [-0.3, -0.25) is 4.90 Å². The van der Waals surface area contributed by atoms with Gasteiger partial charge in [0.15, 0.2) is 5.11 Å². The van der Waals surface area contributed by atoms with Crippen LogP contribution >= 0.6 is 12.2 Å². The topological polar surface area (TPSA) is 36.5 Å². The van der Waals surface area contributed by atoms with Crippen molar-refractivity contribution >= 4 is 23.0 Å². The second-order valence-corrected chi connectivity index (χ2v) is 7.60. The first kappa shape index (κ1) is 19.8. The van der Waals surface area contributed by atoms with E-state index in [0.29, 0.717) is 5.11 Å². The molecule has 4 nitrogen and oxygen atoms in total. The first-order chi connectivity index (χ1) is 13.0. The number of thiocarbonyl (C=S) groups is 1. The summed E-state index contributed by atoms with van der Waals surface area (Å²) in [5, 5.41) is 7.48. The molecular formula is C22H29N3OS. The molecule has 0 spiro atoms. The van der Waals surface area contributed by atoms with Gasteiger partial charge < -0.3 is 15.4 Å². The summed E-state index contributed by atoms with van der Waals surface area (Å²) in [5.41, 5.74) is 4.86. The monoisotopic (exact) mass is 383 g/mol. The fraction of sp³-hybridized carbons (Fsp3) is 0.409. The van der Waals surface area contributed by atoms with Crippen molar-refractivity contribution in [3.8, 4) is 0 Å². The fourth-order valence-corrected chi connectivity index (χ4v) is 3.90. The van der Waals surface area contributed by atoms with Crippen LogP contribution in [0.25, 0.3) is 0 Å². The molecule has 0 saturated carbocycles. The molecule has 2 aromatic rings. The Morgan fingerprint density at radius 2 is 1.74 bits per heavy atom. The molecule has 2 aromatic carbocycles. The van der Waals surface area contributed by atoms with Crippen molar-refractivity contribution in [1.29, 1.82) is 0 Å². The van der Waals surface area contributed by atoms with Crippen molar-refractivity contribution in [1.82, 2.24) is 10.2 Å². The highest BCUT2D eigenvalue weighted by Gasteiger charge is 2.28. The number of aryl methyl sites for hydroxylation is 2. The molecule has 5 heteroatoms. The average molecular weight is 384 g/mol. The molecule has 3 rings (SSSR count). The van der Waals surface area contributed by atoms with E-state index in [1.165, 1.54) is 16.7 Å². The van der Waals surface area contributed by atoms with E-state index in [0.717, 1.165) is 32.0 Å². The summed E-state index contributed by atoms with van der Waals surface area (Å²) in [6.45, 7) is 9.85. The predicted molar refractivity (Wildman–Crippen MR) is 116 cm³/mol. The zero-order valence-electron chi connectivity index (χ0n) is 16.4. The summed E-state index contributed by atoms with van der Waals surface area (Å²) in [5.74, 6) is 0. The van der Waals surface area contributed by atoms with Gasteiger partial charge >= 0.3 is 0 Å². The molecule has 144 valence electrons. The normalized spacial score (nSPS) is 17.1. The smallest absolute Gasteiger partial charge is 0.171 e. The number of benzene rings is 2. The predicted octanol–water partition coefficient (Wildman–Crippen LogP) is 4.05. The standard InChI is InChI=1S/C22H29N3OS/c1-16-9-10-20(15-17(16)2)24-22(27)23-18(3)21(19-7-5-4-6-8-19)25-11-13-26-14-12-25/h4-10,15,18,21H,11-14H2,1-3H3,(H2,23,24,27)/t18-,21+/m0/s1. The lowest BCUT2D eigenvalue weighted by Gasteiger charge is -2.38. The highest BCUT2D eigenvalue weighted by molar-refractivity contribution is 7.80. The number of ether oxygens (including phenoxy) is 1. The number of anilines is 1. The molecule has 0 radical (unpaired) electrons. The van der Waals surface area contributed by atoms with Crippen LogP contribution < -0.4 is 10.6 Å². The van der Waals surface area contributed by atoms with Crippen LogP contribution in [0.4, 0.5) is 5.69 Å². The first-order valence-corrected chi connectivity index (χ1v) is 9.97. The summed E-state index contributed by atoms with van der Waals surface area (Å²) in [7, 11) is 0. The van der Waals surface area contributed by atoms with Crippen LogP contribution in [-0.4, -0.2) is 42.4 Å². The van der Waals surface area contributed by atoms with Gasteiger partial charge in [-0.1, -0.05) is 36.4 Å². The molecule has 2 atom stereocenters. The first-order valence-electron chi connectivity index (χ1n) is 9.56. The van der Waals surface area contributed by atoms with Crippen LogP contribution in [-0.2, 0) is 4.74 Å². The SMILES string of the molecule is Cc1ccc(NC(=S)N[C@@H](C)[C@H](c2ccccc2)N2CCOCC2)cc1C. The Kier molecular flexibility index (Phi) is 6.83. The van der Waals surface area contributed by atoms with Gasteiger partial charge in [-0.05, 0) is 61.8 Å². The number of hydrogen-bond donors (Lipinski definition) is 2. The zero-order chi connectivity index (χ0) is 19.2.